The van der Waals surface area contributed by atoms with E-state index in [-0.39, 0.29) is 5.92 Å². The Bertz CT molecular complexity index is 215. The van der Waals surface area contributed by atoms with E-state index < -0.39 is 17.9 Å². The van der Waals surface area contributed by atoms with Gasteiger partial charge in [-0.25, -0.2) is 0 Å². The van der Waals surface area contributed by atoms with Crippen LogP contribution in [0.1, 0.15) is 33.1 Å². The zero-order valence-corrected chi connectivity index (χ0v) is 9.32. The Labute approximate surface area is 89.9 Å². The molecule has 4 heteroatoms. The van der Waals surface area contributed by atoms with Crippen LogP contribution in [0.4, 0.5) is 0 Å². The van der Waals surface area contributed by atoms with E-state index >= 15 is 0 Å². The first-order valence-corrected chi connectivity index (χ1v) is 5.54. The summed E-state index contributed by atoms with van der Waals surface area (Å²) in [6.45, 7) is 4.09. The Morgan fingerprint density at radius 1 is 1.13 bits per heavy atom. The molecule has 0 unspecified atom stereocenters. The van der Waals surface area contributed by atoms with Crippen LogP contribution in [-0.4, -0.2) is 25.2 Å². The largest absolute Gasteiger partial charge is 0.465 e. The van der Waals surface area contributed by atoms with Crippen molar-refractivity contribution in [3.8, 4) is 0 Å². The van der Waals surface area contributed by atoms with E-state index in [0.717, 1.165) is 19.3 Å². The molecule has 0 aromatic carbocycles. The smallest absolute Gasteiger partial charge is 0.320 e. The molecule has 0 spiro atoms. The van der Waals surface area contributed by atoms with Crippen molar-refractivity contribution < 1.29 is 19.1 Å². The molecule has 0 saturated heterocycles. The number of hydrogen-bond donors (Lipinski definition) is 0. The molecule has 4 nitrogen and oxygen atoms in total. The molecule has 0 radical (unpaired) electrons. The number of ether oxygens (including phenoxy) is 2. The van der Waals surface area contributed by atoms with Crippen LogP contribution in [-0.2, 0) is 19.1 Å². The Kier molecular flexibility index (Phi) is 4.59. The normalized spacial score (nSPS) is 15.9. The second-order valence-corrected chi connectivity index (χ2v) is 3.67. The third-order valence-electron chi connectivity index (χ3n) is 2.70. The first-order valence-electron chi connectivity index (χ1n) is 5.54. The number of hydrogen-bond acceptors (Lipinski definition) is 4. The fraction of sp³-hybridized carbons (Fsp3) is 0.818. The molecule has 0 heterocycles. The average Bonchev–Trinajstić information content (AvgIpc) is 2.11. The first kappa shape index (κ1) is 12.0. The van der Waals surface area contributed by atoms with Crippen LogP contribution in [0.2, 0.25) is 0 Å². The van der Waals surface area contributed by atoms with Gasteiger partial charge in [0.1, 0.15) is 0 Å². The molecule has 1 fully saturated rings. The van der Waals surface area contributed by atoms with Crippen LogP contribution in [0.25, 0.3) is 0 Å². The van der Waals surface area contributed by atoms with Gasteiger partial charge in [-0.15, -0.1) is 0 Å². The van der Waals surface area contributed by atoms with Crippen molar-refractivity contribution in [2.24, 2.45) is 11.8 Å². The number of carbonyl (C=O) groups is 2. The summed E-state index contributed by atoms with van der Waals surface area (Å²) in [4.78, 5) is 23.1. The van der Waals surface area contributed by atoms with Crippen molar-refractivity contribution in [1.82, 2.24) is 0 Å². The van der Waals surface area contributed by atoms with Crippen LogP contribution in [0.3, 0.4) is 0 Å². The number of esters is 2. The summed E-state index contributed by atoms with van der Waals surface area (Å²) >= 11 is 0. The molecule has 0 aromatic rings. The lowest BCUT2D eigenvalue weighted by Crippen LogP contribution is -2.37. The molecule has 0 aliphatic heterocycles. The zero-order chi connectivity index (χ0) is 11.3. The summed E-state index contributed by atoms with van der Waals surface area (Å²) < 4.78 is 9.78. The minimum absolute atomic E-state index is 0.128. The van der Waals surface area contributed by atoms with Gasteiger partial charge in [-0.2, -0.15) is 0 Å². The highest BCUT2D eigenvalue weighted by Crippen LogP contribution is 2.34. The summed E-state index contributed by atoms with van der Waals surface area (Å²) in [6, 6.07) is 0. The fourth-order valence-corrected chi connectivity index (χ4v) is 1.72. The Hall–Kier alpha value is -1.06. The van der Waals surface area contributed by atoms with Crippen molar-refractivity contribution in [2.45, 2.75) is 33.1 Å². The zero-order valence-electron chi connectivity index (χ0n) is 9.32. The molecule has 15 heavy (non-hydrogen) atoms. The molecular formula is C11H18O4. The van der Waals surface area contributed by atoms with Gasteiger partial charge in [0.25, 0.3) is 0 Å². The lowest BCUT2D eigenvalue weighted by atomic mass is 9.76. The minimum Gasteiger partial charge on any atom is -0.465 e. The van der Waals surface area contributed by atoms with Crippen molar-refractivity contribution in [3.63, 3.8) is 0 Å². The van der Waals surface area contributed by atoms with Crippen molar-refractivity contribution in [2.75, 3.05) is 13.2 Å². The molecule has 0 atom stereocenters. The van der Waals surface area contributed by atoms with Crippen LogP contribution < -0.4 is 0 Å². The van der Waals surface area contributed by atoms with Crippen molar-refractivity contribution in [3.05, 3.63) is 0 Å². The molecule has 86 valence electrons. The van der Waals surface area contributed by atoms with Gasteiger partial charge in [-0.1, -0.05) is 6.42 Å². The summed E-state index contributed by atoms with van der Waals surface area (Å²) in [7, 11) is 0. The Balaban J connectivity index is 2.59. The monoisotopic (exact) mass is 214 g/mol. The van der Waals surface area contributed by atoms with E-state index in [4.69, 9.17) is 9.47 Å². The van der Waals surface area contributed by atoms with Gasteiger partial charge in [0.2, 0.25) is 0 Å². The topological polar surface area (TPSA) is 52.6 Å². The van der Waals surface area contributed by atoms with Gasteiger partial charge in [0.15, 0.2) is 5.92 Å². The van der Waals surface area contributed by atoms with Crippen LogP contribution in [0, 0.1) is 11.8 Å². The summed E-state index contributed by atoms with van der Waals surface area (Å²) in [5.74, 6) is -1.43. The molecule has 0 aromatic heterocycles. The fourth-order valence-electron chi connectivity index (χ4n) is 1.72. The first-order chi connectivity index (χ1) is 7.20. The highest BCUT2D eigenvalue weighted by molar-refractivity contribution is 5.95. The molecule has 1 rings (SSSR count). The van der Waals surface area contributed by atoms with Gasteiger partial charge in [0.05, 0.1) is 13.2 Å². The Morgan fingerprint density at radius 2 is 1.60 bits per heavy atom. The lowest BCUT2D eigenvalue weighted by Gasteiger charge is -2.30. The highest BCUT2D eigenvalue weighted by atomic mass is 16.6. The van der Waals surface area contributed by atoms with Crippen molar-refractivity contribution in [1.29, 1.82) is 0 Å². The van der Waals surface area contributed by atoms with Crippen LogP contribution in [0.15, 0.2) is 0 Å². The predicted octanol–water partition coefficient (Wildman–Crippen LogP) is 1.53. The molecule has 0 bridgehead atoms. The summed E-state index contributed by atoms with van der Waals surface area (Å²) in [5, 5.41) is 0. The van der Waals surface area contributed by atoms with Crippen molar-refractivity contribution >= 4 is 11.9 Å². The van der Waals surface area contributed by atoms with Gasteiger partial charge in [0, 0.05) is 0 Å². The maximum atomic E-state index is 11.6. The van der Waals surface area contributed by atoms with E-state index in [1.807, 2.05) is 0 Å². The second-order valence-electron chi connectivity index (χ2n) is 3.67. The van der Waals surface area contributed by atoms with E-state index in [1.54, 1.807) is 13.8 Å². The number of carbonyl (C=O) groups excluding carboxylic acids is 2. The third-order valence-corrected chi connectivity index (χ3v) is 2.70. The summed E-state index contributed by atoms with van der Waals surface area (Å²) in [6.07, 6.45) is 2.92. The predicted molar refractivity (Wildman–Crippen MR) is 54.1 cm³/mol. The van der Waals surface area contributed by atoms with E-state index in [9.17, 15) is 9.59 Å². The minimum atomic E-state index is -0.696. The second kappa shape index (κ2) is 5.73. The molecule has 1 saturated carbocycles. The third kappa shape index (κ3) is 2.94. The molecular weight excluding hydrogens is 196 g/mol. The standard InChI is InChI=1S/C11H18O4/c1-3-14-10(12)9(8-6-5-7-8)11(13)15-4-2/h8-9H,3-7H2,1-2H3. The average molecular weight is 214 g/mol. The van der Waals surface area contributed by atoms with E-state index in [0.29, 0.717) is 13.2 Å². The lowest BCUT2D eigenvalue weighted by molar-refractivity contribution is -0.166. The maximum absolute atomic E-state index is 11.6. The Morgan fingerprint density at radius 3 is 1.87 bits per heavy atom. The highest BCUT2D eigenvalue weighted by Gasteiger charge is 2.40. The SMILES string of the molecule is CCOC(=O)C(C(=O)OCC)C1CCC1. The van der Waals surface area contributed by atoms with E-state index in [2.05, 4.69) is 0 Å². The number of rotatable bonds is 5. The van der Waals surface area contributed by atoms with Gasteiger partial charge < -0.3 is 9.47 Å². The van der Waals surface area contributed by atoms with Crippen LogP contribution >= 0.6 is 0 Å². The van der Waals surface area contributed by atoms with Gasteiger partial charge in [-0.3, -0.25) is 9.59 Å². The summed E-state index contributed by atoms with van der Waals surface area (Å²) in [5.41, 5.74) is 0. The maximum Gasteiger partial charge on any atom is 0.320 e. The molecule has 0 amide bonds. The van der Waals surface area contributed by atoms with Gasteiger partial charge >= 0.3 is 11.9 Å². The molecule has 0 N–H and O–H groups in total. The molecule has 1 aliphatic carbocycles. The van der Waals surface area contributed by atoms with Crippen LogP contribution in [0.5, 0.6) is 0 Å². The molecule has 1 aliphatic rings. The quantitative estimate of drug-likeness (QED) is 0.514. The van der Waals surface area contributed by atoms with E-state index in [1.165, 1.54) is 0 Å². The van der Waals surface area contributed by atoms with Gasteiger partial charge in [-0.05, 0) is 32.6 Å².